The van der Waals surface area contributed by atoms with E-state index in [4.69, 9.17) is 5.11 Å². The number of hydrogen-bond donors (Lipinski definition) is 2. The predicted octanol–water partition coefficient (Wildman–Crippen LogP) is 0.628. The summed E-state index contributed by atoms with van der Waals surface area (Å²) in [5.41, 5.74) is 0.812. The predicted molar refractivity (Wildman–Crippen MR) is 54.0 cm³/mol. The number of Topliss-reactive ketones (excluding diaryl/α,β-unsaturated/α-hetero) is 1. The molecular formula is C11H11NO3. The van der Waals surface area contributed by atoms with Gasteiger partial charge in [-0.15, -0.1) is 0 Å². The molecule has 2 N–H and O–H groups in total. The van der Waals surface area contributed by atoms with Crippen LogP contribution in [0.1, 0.15) is 6.92 Å². The van der Waals surface area contributed by atoms with Crippen molar-refractivity contribution in [3.8, 4) is 0 Å². The van der Waals surface area contributed by atoms with Crippen LogP contribution in [0.4, 0.5) is 0 Å². The van der Waals surface area contributed by atoms with Crippen LogP contribution in [-0.4, -0.2) is 22.9 Å². The molecular weight excluding hydrogens is 194 g/mol. The number of hydrogen-bond acceptors (Lipinski definition) is 3. The second-order valence-corrected chi connectivity index (χ2v) is 3.64. The third-order valence-electron chi connectivity index (χ3n) is 2.71. The first-order chi connectivity index (χ1) is 7.11. The number of ketones is 1. The average Bonchev–Trinajstić information content (AvgIpc) is 2.60. The Balaban J connectivity index is 2.39. The van der Waals surface area contributed by atoms with Gasteiger partial charge in [0, 0.05) is 17.7 Å². The normalized spacial score (nSPS) is 27.5. The van der Waals surface area contributed by atoms with Crippen molar-refractivity contribution in [2.45, 2.75) is 13.0 Å². The van der Waals surface area contributed by atoms with Crippen LogP contribution in [0.3, 0.4) is 0 Å². The van der Waals surface area contributed by atoms with Crippen LogP contribution in [-0.2, 0) is 9.59 Å². The van der Waals surface area contributed by atoms with Crippen LogP contribution < -0.4 is 5.32 Å². The summed E-state index contributed by atoms with van der Waals surface area (Å²) >= 11 is 0. The molecule has 2 unspecified atom stereocenters. The number of allylic oxidation sites excluding steroid dienone is 2. The first kappa shape index (κ1) is 9.71. The molecule has 0 spiro atoms. The van der Waals surface area contributed by atoms with Crippen molar-refractivity contribution in [1.29, 1.82) is 0 Å². The summed E-state index contributed by atoms with van der Waals surface area (Å²) < 4.78 is 0. The topological polar surface area (TPSA) is 66.4 Å². The Bertz CT molecular complexity index is 418. The molecule has 2 aliphatic rings. The number of fused-ring (bicyclic) bond motifs is 1. The van der Waals surface area contributed by atoms with E-state index in [1.165, 1.54) is 13.1 Å². The Labute approximate surface area is 87.0 Å². The highest BCUT2D eigenvalue weighted by Crippen LogP contribution is 2.32. The van der Waals surface area contributed by atoms with Crippen LogP contribution in [0.15, 0.2) is 35.6 Å². The molecule has 2 atom stereocenters. The summed E-state index contributed by atoms with van der Waals surface area (Å²) in [5.74, 6) is -1.40. The third kappa shape index (κ3) is 1.48. The van der Waals surface area contributed by atoms with Gasteiger partial charge in [-0.2, -0.15) is 0 Å². The number of aliphatic carboxylic acids is 1. The summed E-state index contributed by atoms with van der Waals surface area (Å²) in [6.45, 7) is 1.46. The zero-order chi connectivity index (χ0) is 11.0. The molecule has 4 heteroatoms. The maximum Gasteiger partial charge on any atom is 0.333 e. The summed E-state index contributed by atoms with van der Waals surface area (Å²) in [7, 11) is 0. The molecule has 0 aromatic heterocycles. The van der Waals surface area contributed by atoms with Gasteiger partial charge in [-0.05, 0) is 6.92 Å². The van der Waals surface area contributed by atoms with Gasteiger partial charge >= 0.3 is 5.97 Å². The molecule has 4 nitrogen and oxygen atoms in total. The van der Waals surface area contributed by atoms with Gasteiger partial charge in [0.1, 0.15) is 0 Å². The van der Waals surface area contributed by atoms with E-state index >= 15 is 0 Å². The van der Waals surface area contributed by atoms with E-state index in [-0.39, 0.29) is 23.3 Å². The van der Waals surface area contributed by atoms with Crippen LogP contribution in [0.25, 0.3) is 0 Å². The lowest BCUT2D eigenvalue weighted by atomic mass is 9.82. The minimum Gasteiger partial charge on any atom is -0.478 e. The van der Waals surface area contributed by atoms with Crippen LogP contribution in [0, 0.1) is 5.92 Å². The Hall–Kier alpha value is -1.84. The molecule has 0 radical (unpaired) electrons. The van der Waals surface area contributed by atoms with Gasteiger partial charge in [-0.1, -0.05) is 18.2 Å². The van der Waals surface area contributed by atoms with Gasteiger partial charge in [-0.3, -0.25) is 4.79 Å². The molecule has 0 fully saturated rings. The second-order valence-electron chi connectivity index (χ2n) is 3.64. The highest BCUT2D eigenvalue weighted by Gasteiger charge is 2.37. The van der Waals surface area contributed by atoms with Crippen LogP contribution in [0.5, 0.6) is 0 Å². The minimum absolute atomic E-state index is 0.0785. The van der Waals surface area contributed by atoms with Crippen molar-refractivity contribution in [3.63, 3.8) is 0 Å². The molecule has 78 valence electrons. The fraction of sp³-hybridized carbons (Fsp3) is 0.273. The fourth-order valence-electron chi connectivity index (χ4n) is 2.01. The number of carbonyl (C=O) groups is 2. The molecule has 2 rings (SSSR count). The summed E-state index contributed by atoms with van der Waals surface area (Å²) in [4.78, 5) is 22.3. The molecule has 1 aliphatic heterocycles. The van der Waals surface area contributed by atoms with E-state index in [1.807, 2.05) is 6.08 Å². The Kier molecular flexibility index (Phi) is 2.19. The Morgan fingerprint density at radius 1 is 1.40 bits per heavy atom. The lowest BCUT2D eigenvalue weighted by molar-refractivity contribution is -0.133. The summed E-state index contributed by atoms with van der Waals surface area (Å²) in [6.07, 6.45) is 6.81. The Morgan fingerprint density at radius 2 is 2.13 bits per heavy atom. The van der Waals surface area contributed by atoms with Gasteiger partial charge in [-0.25, -0.2) is 4.79 Å². The van der Waals surface area contributed by atoms with Crippen molar-refractivity contribution in [2.24, 2.45) is 5.92 Å². The van der Waals surface area contributed by atoms with Gasteiger partial charge in [0.15, 0.2) is 5.78 Å². The van der Waals surface area contributed by atoms with E-state index < -0.39 is 5.97 Å². The molecule has 0 aromatic carbocycles. The van der Waals surface area contributed by atoms with Crippen molar-refractivity contribution < 1.29 is 14.7 Å². The van der Waals surface area contributed by atoms with E-state index in [9.17, 15) is 9.59 Å². The maximum atomic E-state index is 11.4. The first-order valence-corrected chi connectivity index (χ1v) is 4.70. The van der Waals surface area contributed by atoms with Crippen molar-refractivity contribution in [2.75, 3.05) is 0 Å². The van der Waals surface area contributed by atoms with Gasteiger partial charge < -0.3 is 10.4 Å². The molecule has 15 heavy (non-hydrogen) atoms. The first-order valence-electron chi connectivity index (χ1n) is 4.70. The third-order valence-corrected chi connectivity index (χ3v) is 2.71. The summed E-state index contributed by atoms with van der Waals surface area (Å²) in [6, 6.07) is -0.0972. The smallest absolute Gasteiger partial charge is 0.333 e. The van der Waals surface area contributed by atoms with Crippen molar-refractivity contribution in [3.05, 3.63) is 35.6 Å². The monoisotopic (exact) mass is 205 g/mol. The number of carbonyl (C=O) groups excluding carboxylic acids is 1. The van der Waals surface area contributed by atoms with E-state index in [0.29, 0.717) is 5.57 Å². The van der Waals surface area contributed by atoms with E-state index in [2.05, 4.69) is 5.32 Å². The van der Waals surface area contributed by atoms with Gasteiger partial charge in [0.2, 0.25) is 0 Å². The van der Waals surface area contributed by atoms with Crippen molar-refractivity contribution >= 4 is 11.8 Å². The molecule has 0 saturated heterocycles. The highest BCUT2D eigenvalue weighted by atomic mass is 16.4. The largest absolute Gasteiger partial charge is 0.478 e. The quantitative estimate of drug-likeness (QED) is 0.693. The molecule has 0 aromatic rings. The SMILES string of the molecule is CC(=O)C1=CC=CC2NC=C(C(=O)O)C12. The number of carboxylic acid groups (broad SMARTS) is 1. The standard InChI is InChI=1S/C11H11NO3/c1-6(13)7-3-2-4-9-10(7)8(5-12-9)11(14)15/h2-5,9-10,12H,1H3,(H,14,15). The zero-order valence-corrected chi connectivity index (χ0v) is 8.23. The molecule has 1 aliphatic carbocycles. The number of nitrogens with one attached hydrogen (secondary N) is 1. The van der Waals surface area contributed by atoms with E-state index in [1.54, 1.807) is 12.2 Å². The lowest BCUT2D eigenvalue weighted by Crippen LogP contribution is -2.31. The van der Waals surface area contributed by atoms with Crippen LogP contribution in [0.2, 0.25) is 0 Å². The molecule has 1 heterocycles. The fourth-order valence-corrected chi connectivity index (χ4v) is 2.01. The van der Waals surface area contributed by atoms with E-state index in [0.717, 1.165) is 0 Å². The van der Waals surface area contributed by atoms with Crippen molar-refractivity contribution in [1.82, 2.24) is 5.32 Å². The minimum atomic E-state index is -0.975. The second kappa shape index (κ2) is 3.38. The summed E-state index contributed by atoms with van der Waals surface area (Å²) in [5, 5.41) is 11.9. The molecule has 0 amide bonds. The number of carboxylic acids is 1. The highest BCUT2D eigenvalue weighted by molar-refractivity contribution is 5.99. The van der Waals surface area contributed by atoms with Crippen LogP contribution >= 0.6 is 0 Å². The van der Waals surface area contributed by atoms with Gasteiger partial charge in [0.25, 0.3) is 0 Å². The maximum absolute atomic E-state index is 11.4. The molecule has 0 bridgehead atoms. The number of rotatable bonds is 2. The lowest BCUT2D eigenvalue weighted by Gasteiger charge is -2.22. The zero-order valence-electron chi connectivity index (χ0n) is 8.23. The Morgan fingerprint density at radius 3 is 2.73 bits per heavy atom. The van der Waals surface area contributed by atoms with Gasteiger partial charge in [0.05, 0.1) is 11.6 Å². The molecule has 0 saturated carbocycles. The average molecular weight is 205 g/mol.